The van der Waals surface area contributed by atoms with Gasteiger partial charge in [0.15, 0.2) is 0 Å². The van der Waals surface area contributed by atoms with Crippen molar-refractivity contribution >= 4 is 17.2 Å². The van der Waals surface area contributed by atoms with E-state index in [4.69, 9.17) is 9.47 Å². The quantitative estimate of drug-likeness (QED) is 0.557. The van der Waals surface area contributed by atoms with Crippen molar-refractivity contribution in [3.63, 3.8) is 0 Å². The van der Waals surface area contributed by atoms with E-state index in [0.29, 0.717) is 36.7 Å². The third-order valence-electron chi connectivity index (χ3n) is 4.96. The molecule has 8 heteroatoms. The Balaban J connectivity index is 0.00000256. The van der Waals surface area contributed by atoms with Gasteiger partial charge >= 0.3 is 0 Å². The van der Waals surface area contributed by atoms with Crippen LogP contribution in [0.5, 0.6) is 11.6 Å². The molecule has 3 aromatic rings. The molecule has 1 saturated carbocycles. The fraction of sp³-hybridized carbons (Fsp3) is 0.429. The van der Waals surface area contributed by atoms with Gasteiger partial charge in [0, 0.05) is 30.2 Å². The molecule has 0 saturated heterocycles. The number of nitrogens with zero attached hydrogens (tertiary/aromatic N) is 4. The Morgan fingerprint density at radius 1 is 1.21 bits per heavy atom. The second kappa shape index (κ2) is 8.73. The summed E-state index contributed by atoms with van der Waals surface area (Å²) in [5.41, 5.74) is 1.14. The maximum atomic E-state index is 5.91. The van der Waals surface area contributed by atoms with Gasteiger partial charge in [-0.05, 0) is 44.7 Å². The zero-order chi connectivity index (χ0) is 20.2. The van der Waals surface area contributed by atoms with Gasteiger partial charge in [-0.15, -0.1) is 11.3 Å². The second-order valence-electron chi connectivity index (χ2n) is 7.20. The number of thiazole rings is 1. The van der Waals surface area contributed by atoms with Crippen molar-refractivity contribution in [3.05, 3.63) is 52.0 Å². The molecule has 0 radical (unpaired) electrons. The summed E-state index contributed by atoms with van der Waals surface area (Å²) in [5, 5.41) is 4.39. The first-order valence-corrected chi connectivity index (χ1v) is 10.6. The summed E-state index contributed by atoms with van der Waals surface area (Å²) >= 11 is 1.68. The van der Waals surface area contributed by atoms with Gasteiger partial charge in [0.25, 0.3) is 0 Å². The minimum atomic E-state index is 0. The number of hydrogen-bond acceptors (Lipinski definition) is 8. The number of aromatic nitrogens is 4. The number of nitrogens with one attached hydrogen (secondary N) is 1. The van der Waals surface area contributed by atoms with E-state index in [-0.39, 0.29) is 1.43 Å². The molecule has 7 nitrogen and oxygen atoms in total. The molecule has 4 rings (SSSR count). The number of anilines is 1. The third-order valence-corrected chi connectivity index (χ3v) is 5.88. The van der Waals surface area contributed by atoms with Crippen LogP contribution in [-0.4, -0.2) is 33.7 Å². The molecular formula is C21H27N5O2S. The fourth-order valence-corrected chi connectivity index (χ4v) is 4.08. The molecule has 3 heterocycles. The highest BCUT2D eigenvalue weighted by atomic mass is 32.1. The first-order chi connectivity index (χ1) is 14.1. The van der Waals surface area contributed by atoms with E-state index >= 15 is 0 Å². The summed E-state index contributed by atoms with van der Waals surface area (Å²) in [6, 6.07) is 5.89. The van der Waals surface area contributed by atoms with Gasteiger partial charge in [0.1, 0.15) is 17.4 Å². The first kappa shape index (κ1) is 19.6. The molecule has 2 unspecified atom stereocenters. The molecular weight excluding hydrogens is 386 g/mol. The SMILES string of the molecule is COc1ccc(C2CC2CCOc2cc(NCc3cnc(C)s3)nc(C)n2)nc1.[HH]. The molecule has 1 N–H and O–H groups in total. The molecule has 1 aliphatic carbocycles. The van der Waals surface area contributed by atoms with E-state index in [1.54, 1.807) is 24.6 Å². The molecule has 3 aromatic heterocycles. The van der Waals surface area contributed by atoms with Crippen LogP contribution in [0.15, 0.2) is 30.6 Å². The molecule has 154 valence electrons. The number of rotatable bonds is 9. The van der Waals surface area contributed by atoms with Crippen LogP contribution in [0.4, 0.5) is 5.82 Å². The lowest BCUT2D eigenvalue weighted by Crippen LogP contribution is -2.06. The highest BCUT2D eigenvalue weighted by molar-refractivity contribution is 7.11. The fourth-order valence-electron chi connectivity index (χ4n) is 3.35. The normalized spacial score (nSPS) is 17.8. The van der Waals surface area contributed by atoms with E-state index in [1.807, 2.05) is 32.2 Å². The van der Waals surface area contributed by atoms with Crippen molar-refractivity contribution in [3.8, 4) is 11.6 Å². The van der Waals surface area contributed by atoms with Gasteiger partial charge in [0.2, 0.25) is 5.88 Å². The zero-order valence-electron chi connectivity index (χ0n) is 16.9. The average molecular weight is 414 g/mol. The smallest absolute Gasteiger partial charge is 0.218 e. The Hall–Kier alpha value is -2.74. The van der Waals surface area contributed by atoms with E-state index in [9.17, 15) is 0 Å². The van der Waals surface area contributed by atoms with Crippen LogP contribution >= 0.6 is 11.3 Å². The molecule has 1 aliphatic rings. The van der Waals surface area contributed by atoms with Crippen molar-refractivity contribution in [2.75, 3.05) is 19.0 Å². The Kier molecular flexibility index (Phi) is 5.89. The van der Waals surface area contributed by atoms with Crippen molar-refractivity contribution in [1.82, 2.24) is 19.9 Å². The highest BCUT2D eigenvalue weighted by Gasteiger charge is 2.38. The maximum Gasteiger partial charge on any atom is 0.218 e. The number of pyridine rings is 1. The first-order valence-electron chi connectivity index (χ1n) is 9.74. The lowest BCUT2D eigenvalue weighted by atomic mass is 10.2. The van der Waals surface area contributed by atoms with Gasteiger partial charge in [-0.25, -0.2) is 9.97 Å². The van der Waals surface area contributed by atoms with E-state index in [2.05, 4.69) is 31.3 Å². The largest absolute Gasteiger partial charge is 0.495 e. The zero-order valence-corrected chi connectivity index (χ0v) is 17.7. The second-order valence-corrected chi connectivity index (χ2v) is 8.52. The lowest BCUT2D eigenvalue weighted by molar-refractivity contribution is 0.289. The molecule has 0 amide bonds. The van der Waals surface area contributed by atoms with E-state index < -0.39 is 0 Å². The minimum absolute atomic E-state index is 0. The van der Waals surface area contributed by atoms with Crippen LogP contribution in [0, 0.1) is 19.8 Å². The van der Waals surface area contributed by atoms with Crippen LogP contribution < -0.4 is 14.8 Å². The van der Waals surface area contributed by atoms with Gasteiger partial charge in [0.05, 0.1) is 31.5 Å². The molecule has 2 atom stereocenters. The molecule has 1 fully saturated rings. The summed E-state index contributed by atoms with van der Waals surface area (Å²) < 4.78 is 11.1. The average Bonchev–Trinajstić information content (AvgIpc) is 3.37. The monoisotopic (exact) mass is 413 g/mol. The maximum absolute atomic E-state index is 5.91. The van der Waals surface area contributed by atoms with Crippen molar-refractivity contribution in [2.45, 2.75) is 39.2 Å². The van der Waals surface area contributed by atoms with Crippen LogP contribution in [0.3, 0.4) is 0 Å². The highest BCUT2D eigenvalue weighted by Crippen LogP contribution is 2.48. The van der Waals surface area contributed by atoms with Gasteiger partial charge in [-0.1, -0.05) is 0 Å². The summed E-state index contributed by atoms with van der Waals surface area (Å²) in [4.78, 5) is 18.8. The van der Waals surface area contributed by atoms with E-state index in [0.717, 1.165) is 35.1 Å². The number of aryl methyl sites for hydroxylation is 2. The number of hydrogen-bond donors (Lipinski definition) is 1. The predicted molar refractivity (Wildman–Crippen MR) is 115 cm³/mol. The van der Waals surface area contributed by atoms with Crippen LogP contribution in [-0.2, 0) is 6.54 Å². The van der Waals surface area contributed by atoms with Crippen LogP contribution in [0.2, 0.25) is 0 Å². The van der Waals surface area contributed by atoms with Crippen molar-refractivity contribution in [1.29, 1.82) is 0 Å². The Labute approximate surface area is 176 Å². The van der Waals surface area contributed by atoms with Gasteiger partial charge in [-0.3, -0.25) is 4.98 Å². The van der Waals surface area contributed by atoms with Gasteiger partial charge < -0.3 is 14.8 Å². The Morgan fingerprint density at radius 3 is 2.83 bits per heavy atom. The Morgan fingerprint density at radius 2 is 2.10 bits per heavy atom. The molecule has 29 heavy (non-hydrogen) atoms. The molecule has 0 bridgehead atoms. The predicted octanol–water partition coefficient (Wildman–Crippen LogP) is 4.38. The van der Waals surface area contributed by atoms with E-state index in [1.165, 1.54) is 4.88 Å². The minimum Gasteiger partial charge on any atom is -0.495 e. The van der Waals surface area contributed by atoms with Crippen LogP contribution in [0.25, 0.3) is 0 Å². The summed E-state index contributed by atoms with van der Waals surface area (Å²) in [7, 11) is 1.66. The number of ether oxygens (including phenoxy) is 2. The van der Waals surface area contributed by atoms with Gasteiger partial charge in [-0.2, -0.15) is 4.98 Å². The number of methoxy groups -OCH3 is 1. The van der Waals surface area contributed by atoms with Crippen molar-refractivity contribution < 1.29 is 10.9 Å². The Bertz CT molecular complexity index is 966. The van der Waals surface area contributed by atoms with Crippen molar-refractivity contribution in [2.24, 2.45) is 5.92 Å². The van der Waals surface area contributed by atoms with Crippen LogP contribution in [0.1, 0.15) is 41.6 Å². The molecule has 0 aromatic carbocycles. The summed E-state index contributed by atoms with van der Waals surface area (Å²) in [6.07, 6.45) is 5.83. The molecule has 0 aliphatic heterocycles. The lowest BCUT2D eigenvalue weighted by Gasteiger charge is -2.09. The molecule has 0 spiro atoms. The topological polar surface area (TPSA) is 82.0 Å². The third kappa shape index (κ3) is 5.20. The summed E-state index contributed by atoms with van der Waals surface area (Å²) in [5.74, 6) is 4.01. The standard InChI is InChI=1S/C21H25N5O2S.H2/c1-13-25-20(24-12-17-11-22-14(2)29-17)9-21(26-13)28-7-6-15-8-18(15)19-5-4-16(27-3)10-23-19;/h4-5,9-11,15,18H,6-8,12H2,1-3H3,(H,24,25,26);1H. The summed E-state index contributed by atoms with van der Waals surface area (Å²) in [6.45, 7) is 5.21.